The summed E-state index contributed by atoms with van der Waals surface area (Å²) in [5.74, 6) is -1.13. The quantitative estimate of drug-likeness (QED) is 0.938. The summed E-state index contributed by atoms with van der Waals surface area (Å²) in [6.07, 6.45) is 0.646. The highest BCUT2D eigenvalue weighted by atomic mass is 32.2. The fourth-order valence-corrected chi connectivity index (χ4v) is 4.73. The highest BCUT2D eigenvalue weighted by Crippen LogP contribution is 2.36. The van der Waals surface area contributed by atoms with E-state index in [1.54, 1.807) is 19.1 Å². The molecule has 0 radical (unpaired) electrons. The van der Waals surface area contributed by atoms with Gasteiger partial charge in [0.2, 0.25) is 0 Å². The molecule has 1 N–H and O–H groups in total. The molecule has 0 saturated carbocycles. The molecule has 5 nitrogen and oxygen atoms in total. The van der Waals surface area contributed by atoms with Crippen LogP contribution in [0.3, 0.4) is 0 Å². The van der Waals surface area contributed by atoms with Crippen molar-refractivity contribution in [2.75, 3.05) is 4.31 Å². The van der Waals surface area contributed by atoms with Crippen molar-refractivity contribution in [2.24, 2.45) is 0 Å². The van der Waals surface area contributed by atoms with Crippen molar-refractivity contribution in [3.05, 3.63) is 59.2 Å². The maximum absolute atomic E-state index is 13.0. The van der Waals surface area contributed by atoms with Gasteiger partial charge in [0, 0.05) is 6.04 Å². The number of hydrogen-bond donors (Lipinski definition) is 1. The molecule has 0 spiro atoms. The van der Waals surface area contributed by atoms with Gasteiger partial charge in [-0.05, 0) is 49.6 Å². The number of hydrogen-bond acceptors (Lipinski definition) is 3. The molecule has 6 heteroatoms. The van der Waals surface area contributed by atoms with Crippen LogP contribution < -0.4 is 4.31 Å². The van der Waals surface area contributed by atoms with Gasteiger partial charge in [0.1, 0.15) is 0 Å². The van der Waals surface area contributed by atoms with Crippen LogP contribution in [0.4, 0.5) is 5.69 Å². The van der Waals surface area contributed by atoms with Gasteiger partial charge in [0.25, 0.3) is 10.0 Å². The van der Waals surface area contributed by atoms with Gasteiger partial charge in [-0.25, -0.2) is 13.2 Å². The van der Waals surface area contributed by atoms with Crippen molar-refractivity contribution in [3.8, 4) is 0 Å². The third-order valence-corrected chi connectivity index (χ3v) is 6.07. The zero-order chi connectivity index (χ0) is 16.8. The zero-order valence-electron chi connectivity index (χ0n) is 12.9. The number of sulfonamides is 1. The summed E-state index contributed by atoms with van der Waals surface area (Å²) in [4.78, 5) is 11.3. The molecule has 3 rings (SSSR count). The van der Waals surface area contributed by atoms with Crippen LogP contribution in [-0.2, 0) is 16.4 Å². The topological polar surface area (TPSA) is 74.7 Å². The fourth-order valence-electron chi connectivity index (χ4n) is 3.01. The lowest BCUT2D eigenvalue weighted by molar-refractivity contribution is 0.0696. The van der Waals surface area contributed by atoms with E-state index in [9.17, 15) is 18.3 Å². The highest BCUT2D eigenvalue weighted by Gasteiger charge is 2.36. The number of carbonyl (C=O) groups is 1. The van der Waals surface area contributed by atoms with E-state index in [0.29, 0.717) is 17.7 Å². The second kappa shape index (κ2) is 5.38. The van der Waals surface area contributed by atoms with Gasteiger partial charge < -0.3 is 5.11 Å². The van der Waals surface area contributed by atoms with E-state index in [2.05, 4.69) is 0 Å². The van der Waals surface area contributed by atoms with Crippen LogP contribution in [0.1, 0.15) is 28.4 Å². The summed E-state index contributed by atoms with van der Waals surface area (Å²) in [7, 11) is -3.80. The minimum Gasteiger partial charge on any atom is -0.478 e. The van der Waals surface area contributed by atoms with Crippen LogP contribution >= 0.6 is 0 Å². The first-order valence-electron chi connectivity index (χ1n) is 7.28. The van der Waals surface area contributed by atoms with E-state index in [1.165, 1.54) is 22.5 Å². The van der Waals surface area contributed by atoms with E-state index in [-0.39, 0.29) is 16.5 Å². The number of aromatic carboxylic acids is 1. The first-order chi connectivity index (χ1) is 10.8. The standard InChI is InChI=1S/C17H17NO4S/c1-11-7-8-14(10-15(11)17(19)20)23(21,22)18-12(2)9-13-5-3-4-6-16(13)18/h3-8,10,12H,9H2,1-2H3,(H,19,20). The number of benzene rings is 2. The lowest BCUT2D eigenvalue weighted by Gasteiger charge is -2.24. The SMILES string of the molecule is Cc1ccc(S(=O)(=O)N2c3ccccc3CC2C)cc1C(=O)O. The number of carboxylic acids is 1. The fraction of sp³-hybridized carbons (Fsp3) is 0.235. The molecule has 1 unspecified atom stereocenters. The number of aryl methyl sites for hydroxylation is 1. The predicted octanol–water partition coefficient (Wildman–Crippen LogP) is 2.83. The minimum absolute atomic E-state index is 0.00375. The van der Waals surface area contributed by atoms with Crippen molar-refractivity contribution in [1.82, 2.24) is 0 Å². The van der Waals surface area contributed by atoms with Gasteiger partial charge in [-0.15, -0.1) is 0 Å². The molecule has 1 heterocycles. The molecule has 1 aliphatic heterocycles. The highest BCUT2D eigenvalue weighted by molar-refractivity contribution is 7.92. The number of carboxylic acid groups (broad SMARTS) is 1. The molecule has 0 aliphatic carbocycles. The van der Waals surface area contributed by atoms with Gasteiger partial charge in [-0.1, -0.05) is 24.3 Å². The second-order valence-corrected chi connectivity index (χ2v) is 7.58. The Balaban J connectivity index is 2.13. The number of anilines is 1. The van der Waals surface area contributed by atoms with Gasteiger partial charge >= 0.3 is 5.97 Å². The maximum Gasteiger partial charge on any atom is 0.335 e. The molecule has 0 bridgehead atoms. The molecule has 0 amide bonds. The normalized spacial score (nSPS) is 17.1. The van der Waals surface area contributed by atoms with Gasteiger partial charge in [0.15, 0.2) is 0 Å². The Morgan fingerprint density at radius 1 is 1.22 bits per heavy atom. The third kappa shape index (κ3) is 2.49. The Kier molecular flexibility index (Phi) is 3.64. The molecule has 1 atom stereocenters. The van der Waals surface area contributed by atoms with Crippen LogP contribution in [0.5, 0.6) is 0 Å². The molecule has 2 aromatic carbocycles. The summed E-state index contributed by atoms with van der Waals surface area (Å²) in [6, 6.07) is 11.4. The van der Waals surface area contributed by atoms with Gasteiger partial charge in [0.05, 0.1) is 16.1 Å². The molecule has 2 aromatic rings. The molecule has 23 heavy (non-hydrogen) atoms. The van der Waals surface area contributed by atoms with Crippen molar-refractivity contribution >= 4 is 21.7 Å². The van der Waals surface area contributed by atoms with E-state index >= 15 is 0 Å². The maximum atomic E-state index is 13.0. The average Bonchev–Trinajstić information content (AvgIpc) is 2.83. The summed E-state index contributed by atoms with van der Waals surface area (Å²) < 4.78 is 27.4. The van der Waals surface area contributed by atoms with Crippen molar-refractivity contribution in [1.29, 1.82) is 0 Å². The molecule has 120 valence electrons. The first kappa shape index (κ1) is 15.6. The minimum atomic E-state index is -3.80. The molecule has 0 saturated heterocycles. The Bertz CT molecular complexity index is 889. The number of rotatable bonds is 3. The van der Waals surface area contributed by atoms with Gasteiger partial charge in [-0.2, -0.15) is 0 Å². The number of para-hydroxylation sites is 1. The molecule has 0 fully saturated rings. The predicted molar refractivity (Wildman–Crippen MR) is 87.4 cm³/mol. The summed E-state index contributed by atoms with van der Waals surface area (Å²) in [6.45, 7) is 3.50. The monoisotopic (exact) mass is 331 g/mol. The Morgan fingerprint density at radius 3 is 2.61 bits per heavy atom. The van der Waals surface area contributed by atoms with Crippen LogP contribution in [0, 0.1) is 6.92 Å². The first-order valence-corrected chi connectivity index (χ1v) is 8.72. The third-order valence-electron chi connectivity index (χ3n) is 4.14. The molecule has 0 aromatic heterocycles. The van der Waals surface area contributed by atoms with Crippen molar-refractivity contribution < 1.29 is 18.3 Å². The van der Waals surface area contributed by atoms with Crippen LogP contribution in [0.25, 0.3) is 0 Å². The smallest absolute Gasteiger partial charge is 0.335 e. The zero-order valence-corrected chi connectivity index (χ0v) is 13.7. The second-order valence-electron chi connectivity index (χ2n) is 5.76. The summed E-state index contributed by atoms with van der Waals surface area (Å²) >= 11 is 0. The molecular weight excluding hydrogens is 314 g/mol. The van der Waals surface area contributed by atoms with E-state index in [4.69, 9.17) is 0 Å². The largest absolute Gasteiger partial charge is 0.478 e. The van der Waals surface area contributed by atoms with Crippen molar-refractivity contribution in [3.63, 3.8) is 0 Å². The average molecular weight is 331 g/mol. The van der Waals surface area contributed by atoms with Crippen LogP contribution in [0.2, 0.25) is 0 Å². The molecular formula is C17H17NO4S. The van der Waals surface area contributed by atoms with E-state index in [1.807, 2.05) is 19.1 Å². The van der Waals surface area contributed by atoms with Crippen LogP contribution in [0.15, 0.2) is 47.4 Å². The van der Waals surface area contributed by atoms with Gasteiger partial charge in [-0.3, -0.25) is 4.31 Å². The Morgan fingerprint density at radius 2 is 1.91 bits per heavy atom. The van der Waals surface area contributed by atoms with Crippen LogP contribution in [-0.4, -0.2) is 25.5 Å². The Labute approximate surface area is 135 Å². The lowest BCUT2D eigenvalue weighted by Crippen LogP contribution is -2.35. The summed E-state index contributed by atoms with van der Waals surface area (Å²) in [5, 5.41) is 9.22. The Hall–Kier alpha value is -2.34. The van der Waals surface area contributed by atoms with E-state index < -0.39 is 16.0 Å². The van der Waals surface area contributed by atoms with E-state index in [0.717, 1.165) is 5.56 Å². The number of fused-ring (bicyclic) bond motifs is 1. The molecule has 1 aliphatic rings. The van der Waals surface area contributed by atoms with Crippen molar-refractivity contribution in [2.45, 2.75) is 31.2 Å². The summed E-state index contributed by atoms with van der Waals surface area (Å²) in [5.41, 5.74) is 2.18. The lowest BCUT2D eigenvalue weighted by atomic mass is 10.1. The number of nitrogens with zero attached hydrogens (tertiary/aromatic N) is 1.